The van der Waals surface area contributed by atoms with E-state index in [2.05, 4.69) is 84.8 Å². The smallest absolute Gasteiger partial charge is 0.268 e. The van der Waals surface area contributed by atoms with E-state index in [-0.39, 0.29) is 60.9 Å². The van der Waals surface area contributed by atoms with Gasteiger partial charge in [-0.2, -0.15) is 24.3 Å². The van der Waals surface area contributed by atoms with Gasteiger partial charge in [0.25, 0.3) is 6.33 Å². The second kappa shape index (κ2) is 17.6. The van der Waals surface area contributed by atoms with Gasteiger partial charge in [-0.1, -0.05) is 194 Å². The molecule has 7 heteroatoms. The number of aromatic nitrogens is 5. The topological polar surface area (TPSA) is 44.7 Å². The summed E-state index contributed by atoms with van der Waals surface area (Å²) in [6, 6.07) is 54.2. The number of hydrogen-bond acceptors (Lipinski definition) is 2. The van der Waals surface area contributed by atoms with E-state index >= 15 is 0 Å². The number of nitrogens with zero attached hydrogens (tertiary/aromatic N) is 5. The molecule has 9 aromatic carbocycles. The molecule has 0 atom stereocenters. The molecule has 0 unspecified atom stereocenters. The molecule has 0 radical (unpaired) electrons. The molecular formula is C64H45N5OPt-2. The number of benzene rings is 9. The minimum absolute atomic E-state index is 0. The molecule has 4 aromatic heterocycles. The zero-order valence-electron chi connectivity index (χ0n) is 47.5. The van der Waals surface area contributed by atoms with E-state index in [1.54, 1.807) is 22.8 Å². The zero-order chi connectivity index (χ0) is 54.8. The van der Waals surface area contributed by atoms with E-state index < -0.39 is 42.3 Å². The van der Waals surface area contributed by atoms with E-state index in [9.17, 15) is 0 Å². The average molecular weight is 1100 g/mol. The number of hydrogen-bond donors (Lipinski definition) is 0. The van der Waals surface area contributed by atoms with E-state index in [0.717, 1.165) is 55.0 Å². The van der Waals surface area contributed by atoms with Crippen LogP contribution < -0.4 is 4.57 Å². The second-order valence-electron chi connectivity index (χ2n) is 18.2. The number of imidazole rings is 1. The van der Waals surface area contributed by atoms with Crippen molar-refractivity contribution < 1.29 is 42.4 Å². The van der Waals surface area contributed by atoms with Crippen LogP contribution in [0.2, 0.25) is 0 Å². The number of rotatable bonds is 6. The van der Waals surface area contributed by atoms with Gasteiger partial charge >= 0.3 is 0 Å². The SMILES string of the molecule is [2H]c1cc(-c2cccc(-c3c([2H])c([2H])c([2H])c([2H])c3[2H])c2-[n+]2[c-]n(-c3[c-]c(-n4c5[c-]c6c(cc5c5ccccc5oc5ccccc54)c4ccccc4n6-c4cc(C(C)(C)C)ccn4)ccc3)c3ccccc32)c([2H])c([2H])c1[2H].[Pt]. The summed E-state index contributed by atoms with van der Waals surface area (Å²) in [5.41, 5.74) is 8.78. The van der Waals surface area contributed by atoms with Gasteiger partial charge in [0.2, 0.25) is 0 Å². The molecule has 0 saturated heterocycles. The molecule has 4 heterocycles. The predicted molar refractivity (Wildman–Crippen MR) is 285 cm³/mol. The van der Waals surface area contributed by atoms with Gasteiger partial charge < -0.3 is 18.1 Å². The third-order valence-electron chi connectivity index (χ3n) is 12.9. The fourth-order valence-corrected chi connectivity index (χ4v) is 9.67. The first-order valence-corrected chi connectivity index (χ1v) is 23.0. The number of para-hydroxylation sites is 7. The van der Waals surface area contributed by atoms with E-state index in [0.29, 0.717) is 39.1 Å². The van der Waals surface area contributed by atoms with Crippen LogP contribution in [0.5, 0.6) is 0 Å². The van der Waals surface area contributed by atoms with Crippen molar-refractivity contribution >= 4 is 65.8 Å². The summed E-state index contributed by atoms with van der Waals surface area (Å²) in [5.74, 6) is 0.761. The van der Waals surface area contributed by atoms with Gasteiger partial charge in [-0.3, -0.25) is 4.57 Å². The van der Waals surface area contributed by atoms with Gasteiger partial charge in [0, 0.05) is 32.8 Å². The van der Waals surface area contributed by atoms with Gasteiger partial charge in [0.15, 0.2) is 5.58 Å². The minimum Gasteiger partial charge on any atom is -0.456 e. The standard InChI is InChI=1S/C64H45N5O.Pt/c1-64(2,3)45-36-37-65-62(38-45)69-54-30-12-10-26-50(54)52-40-53-51-27-11-16-34-60(51)70-61-35-17-15-33-57(61)68(58(53)41-59(52)69)47-25-18-24-46(39-47)66-42-67(56-32-14-13-31-55(56)66)63-48(43-20-6-4-7-21-43)28-19-29-49(63)44-22-8-5-9-23-44;/h4-38,40H,1-3H3;/q-2;/i4D,5D,6D,7D,8D,9D,20D,21D,22D;. The Labute approximate surface area is 438 Å². The van der Waals surface area contributed by atoms with Crippen molar-refractivity contribution in [1.29, 1.82) is 0 Å². The van der Waals surface area contributed by atoms with Gasteiger partial charge in [-0.25, -0.2) is 4.98 Å². The molecule has 13 rings (SSSR count). The van der Waals surface area contributed by atoms with Gasteiger partial charge in [0.05, 0.1) is 34.6 Å². The Morgan fingerprint density at radius 3 is 1.99 bits per heavy atom. The monoisotopic (exact) mass is 1100 g/mol. The third-order valence-corrected chi connectivity index (χ3v) is 12.9. The van der Waals surface area contributed by atoms with Crippen molar-refractivity contribution in [2.45, 2.75) is 26.2 Å². The first-order valence-electron chi connectivity index (χ1n) is 27.5. The number of pyridine rings is 1. The van der Waals surface area contributed by atoms with Crippen LogP contribution in [0.4, 0.5) is 0 Å². The summed E-state index contributed by atoms with van der Waals surface area (Å²) in [4.78, 5) is 4.98. The van der Waals surface area contributed by atoms with Crippen LogP contribution in [-0.4, -0.2) is 18.7 Å². The molecule has 0 bridgehead atoms. The molecule has 13 aromatic rings. The molecule has 0 N–H and O–H groups in total. The van der Waals surface area contributed by atoms with E-state index in [4.69, 9.17) is 21.7 Å². The first kappa shape index (κ1) is 34.9. The Balaban J connectivity index is 0.00000637. The maximum atomic E-state index is 9.16. The van der Waals surface area contributed by atoms with Crippen molar-refractivity contribution in [1.82, 2.24) is 18.7 Å². The Morgan fingerprint density at radius 1 is 0.535 bits per heavy atom. The van der Waals surface area contributed by atoms with Crippen LogP contribution in [0.1, 0.15) is 38.7 Å². The van der Waals surface area contributed by atoms with Crippen LogP contribution in [0, 0.1) is 18.5 Å². The minimum atomic E-state index is -0.548. The van der Waals surface area contributed by atoms with Gasteiger partial charge in [-0.05, 0) is 86.1 Å². The second-order valence-corrected chi connectivity index (χ2v) is 18.2. The van der Waals surface area contributed by atoms with Crippen molar-refractivity contribution in [2.75, 3.05) is 0 Å². The summed E-state index contributed by atoms with van der Waals surface area (Å²) in [6.45, 7) is 6.58. The molecule has 0 aliphatic rings. The molecule has 0 fully saturated rings. The van der Waals surface area contributed by atoms with Crippen molar-refractivity contribution in [3.63, 3.8) is 0 Å². The Hall–Kier alpha value is -8.31. The molecule has 6 nitrogen and oxygen atoms in total. The molecule has 0 aliphatic heterocycles. The summed E-state index contributed by atoms with van der Waals surface area (Å²) in [6.07, 6.45) is 5.43. The van der Waals surface area contributed by atoms with Gasteiger partial charge in [-0.15, -0.1) is 17.5 Å². The van der Waals surface area contributed by atoms with Crippen molar-refractivity contribution in [3.8, 4) is 45.1 Å². The molecule has 0 amide bonds. The molecular weight excluding hydrogens is 1050 g/mol. The Morgan fingerprint density at radius 2 is 1.17 bits per heavy atom. The van der Waals surface area contributed by atoms with Crippen molar-refractivity contribution in [3.05, 3.63) is 242 Å². The normalized spacial score (nSPS) is 13.5. The third kappa shape index (κ3) is 7.46. The zero-order valence-corrected chi connectivity index (χ0v) is 40.8. The Kier molecular flexibility index (Phi) is 8.64. The molecule has 0 aliphatic carbocycles. The molecule has 344 valence electrons. The van der Waals surface area contributed by atoms with Crippen LogP contribution in [0.3, 0.4) is 0 Å². The predicted octanol–water partition coefficient (Wildman–Crippen LogP) is 15.4. The van der Waals surface area contributed by atoms with Crippen LogP contribution in [0.25, 0.3) is 111 Å². The number of fused-ring (bicyclic) bond motifs is 8. The summed E-state index contributed by atoms with van der Waals surface area (Å²) >= 11 is 0. The van der Waals surface area contributed by atoms with Crippen LogP contribution in [-0.2, 0) is 26.5 Å². The van der Waals surface area contributed by atoms with Crippen LogP contribution >= 0.6 is 0 Å². The maximum absolute atomic E-state index is 9.16. The van der Waals surface area contributed by atoms with E-state index in [1.165, 1.54) is 6.07 Å². The average Bonchev–Trinajstić information content (AvgIpc) is 3.48. The Bertz CT molecular complexity index is 4770. The summed E-state index contributed by atoms with van der Waals surface area (Å²) in [7, 11) is 0. The fraction of sp³-hybridized carbons (Fsp3) is 0.0625. The quantitative estimate of drug-likeness (QED) is 0.123. The fourth-order valence-electron chi connectivity index (χ4n) is 9.67. The van der Waals surface area contributed by atoms with E-state index in [1.807, 2.05) is 108 Å². The molecule has 0 spiro atoms. The van der Waals surface area contributed by atoms with Gasteiger partial charge in [0.1, 0.15) is 11.4 Å². The summed E-state index contributed by atoms with van der Waals surface area (Å²) in [5, 5.41) is 3.74. The molecule has 71 heavy (non-hydrogen) atoms. The van der Waals surface area contributed by atoms with Crippen LogP contribution in [0.15, 0.2) is 223 Å². The maximum Gasteiger partial charge on any atom is 0.268 e. The summed E-state index contributed by atoms with van der Waals surface area (Å²) < 4.78 is 93.8. The molecule has 0 saturated carbocycles. The first-order chi connectivity index (χ1) is 38.1. The van der Waals surface area contributed by atoms with Crippen molar-refractivity contribution in [2.24, 2.45) is 0 Å². The largest absolute Gasteiger partial charge is 0.456 e.